The fraction of sp³-hybridized carbons (Fsp3) is 0.588. The Hall–Kier alpha value is -1.35. The van der Waals surface area contributed by atoms with E-state index in [0.717, 1.165) is 12.1 Å². The summed E-state index contributed by atoms with van der Waals surface area (Å²) in [7, 11) is 0. The summed E-state index contributed by atoms with van der Waals surface area (Å²) in [6, 6.07) is 6.26. The molecule has 1 aromatic rings. The lowest BCUT2D eigenvalue weighted by molar-refractivity contribution is -0.120. The standard InChI is InChI=1S/C17H25NO2/c1-6-20-10-15(19)18-12-7-8-13-14(9-12)17(4,5)11-16(13,2)3/h7-9H,6,10-11H2,1-5H3,(H,18,19). The third kappa shape index (κ3) is 2.88. The van der Waals surface area contributed by atoms with Crippen LogP contribution in [0.2, 0.25) is 0 Å². The van der Waals surface area contributed by atoms with E-state index in [-0.39, 0.29) is 23.3 Å². The first-order valence-electron chi connectivity index (χ1n) is 7.29. The van der Waals surface area contributed by atoms with Crippen LogP contribution in [0, 0.1) is 0 Å². The predicted molar refractivity (Wildman–Crippen MR) is 82.2 cm³/mol. The summed E-state index contributed by atoms with van der Waals surface area (Å²) >= 11 is 0. The van der Waals surface area contributed by atoms with Gasteiger partial charge in [-0.25, -0.2) is 0 Å². The van der Waals surface area contributed by atoms with Gasteiger partial charge in [-0.15, -0.1) is 0 Å². The molecule has 0 spiro atoms. The van der Waals surface area contributed by atoms with Gasteiger partial charge in [0.1, 0.15) is 6.61 Å². The van der Waals surface area contributed by atoms with Crippen LogP contribution in [-0.4, -0.2) is 19.1 Å². The second kappa shape index (κ2) is 5.21. The van der Waals surface area contributed by atoms with Gasteiger partial charge >= 0.3 is 0 Å². The summed E-state index contributed by atoms with van der Waals surface area (Å²) in [4.78, 5) is 11.7. The Labute approximate surface area is 121 Å². The van der Waals surface area contributed by atoms with Crippen LogP contribution in [0.15, 0.2) is 18.2 Å². The maximum absolute atomic E-state index is 11.7. The molecule has 0 fully saturated rings. The second-order valence-corrected chi connectivity index (χ2v) is 6.89. The minimum atomic E-state index is -0.0955. The maximum Gasteiger partial charge on any atom is 0.250 e. The third-order valence-corrected chi connectivity index (χ3v) is 4.08. The van der Waals surface area contributed by atoms with E-state index >= 15 is 0 Å². The molecule has 1 aliphatic rings. The molecule has 3 nitrogen and oxygen atoms in total. The third-order valence-electron chi connectivity index (χ3n) is 4.08. The van der Waals surface area contributed by atoms with Crippen molar-refractivity contribution in [1.82, 2.24) is 0 Å². The molecular formula is C17H25NO2. The highest BCUT2D eigenvalue weighted by atomic mass is 16.5. The molecule has 0 aromatic heterocycles. The molecule has 0 saturated heterocycles. The molecule has 0 bridgehead atoms. The predicted octanol–water partition coefficient (Wildman–Crippen LogP) is 3.62. The van der Waals surface area contributed by atoms with Crippen molar-refractivity contribution in [3.05, 3.63) is 29.3 Å². The minimum Gasteiger partial charge on any atom is -0.372 e. The number of carbonyl (C=O) groups excluding carboxylic acids is 1. The number of fused-ring (bicyclic) bond motifs is 1. The number of anilines is 1. The summed E-state index contributed by atoms with van der Waals surface area (Å²) < 4.78 is 5.12. The van der Waals surface area contributed by atoms with Crippen molar-refractivity contribution < 1.29 is 9.53 Å². The van der Waals surface area contributed by atoms with Crippen LogP contribution in [0.1, 0.15) is 52.2 Å². The quantitative estimate of drug-likeness (QED) is 0.911. The molecule has 0 radical (unpaired) electrons. The molecule has 2 rings (SSSR count). The lowest BCUT2D eigenvalue weighted by Crippen LogP contribution is -2.19. The summed E-state index contributed by atoms with van der Waals surface area (Å²) in [6.45, 7) is 11.7. The number of nitrogens with one attached hydrogen (secondary N) is 1. The highest BCUT2D eigenvalue weighted by Crippen LogP contribution is 2.49. The number of hydrogen-bond acceptors (Lipinski definition) is 2. The molecule has 3 heteroatoms. The van der Waals surface area contributed by atoms with E-state index < -0.39 is 0 Å². The highest BCUT2D eigenvalue weighted by Gasteiger charge is 2.41. The number of carbonyl (C=O) groups is 1. The van der Waals surface area contributed by atoms with E-state index in [0.29, 0.717) is 6.61 Å². The first kappa shape index (κ1) is 15.0. The van der Waals surface area contributed by atoms with Gasteiger partial charge in [0.25, 0.3) is 0 Å². The van der Waals surface area contributed by atoms with E-state index in [2.05, 4.69) is 45.1 Å². The van der Waals surface area contributed by atoms with Crippen molar-refractivity contribution in [3.63, 3.8) is 0 Å². The van der Waals surface area contributed by atoms with E-state index in [9.17, 15) is 4.79 Å². The van der Waals surface area contributed by atoms with Crippen LogP contribution in [-0.2, 0) is 20.4 Å². The van der Waals surface area contributed by atoms with Crippen LogP contribution in [0.5, 0.6) is 0 Å². The summed E-state index contributed by atoms with van der Waals surface area (Å²) in [6.07, 6.45) is 1.13. The van der Waals surface area contributed by atoms with Gasteiger partial charge in [-0.1, -0.05) is 33.8 Å². The lowest BCUT2D eigenvalue weighted by Gasteiger charge is -2.22. The molecule has 1 aromatic carbocycles. The van der Waals surface area contributed by atoms with Gasteiger partial charge in [-0.2, -0.15) is 0 Å². The molecule has 110 valence electrons. The zero-order valence-electron chi connectivity index (χ0n) is 13.2. The van der Waals surface area contributed by atoms with Gasteiger partial charge in [-0.05, 0) is 47.4 Å². The monoisotopic (exact) mass is 275 g/mol. The van der Waals surface area contributed by atoms with Gasteiger partial charge in [0.05, 0.1) is 0 Å². The summed E-state index contributed by atoms with van der Waals surface area (Å²) in [5, 5.41) is 2.91. The lowest BCUT2D eigenvalue weighted by atomic mass is 9.82. The van der Waals surface area contributed by atoms with Crippen molar-refractivity contribution in [1.29, 1.82) is 0 Å². The zero-order valence-corrected chi connectivity index (χ0v) is 13.2. The number of hydrogen-bond donors (Lipinski definition) is 1. The number of rotatable bonds is 4. The summed E-state index contributed by atoms with van der Waals surface area (Å²) in [5.41, 5.74) is 3.95. The first-order chi connectivity index (χ1) is 9.26. The minimum absolute atomic E-state index is 0.0955. The van der Waals surface area contributed by atoms with Crippen molar-refractivity contribution in [2.24, 2.45) is 0 Å². The van der Waals surface area contributed by atoms with E-state index in [1.807, 2.05) is 13.0 Å². The van der Waals surface area contributed by atoms with E-state index in [4.69, 9.17) is 4.74 Å². The van der Waals surface area contributed by atoms with Crippen molar-refractivity contribution >= 4 is 11.6 Å². The average Bonchev–Trinajstić information content (AvgIpc) is 2.52. The van der Waals surface area contributed by atoms with Crippen LogP contribution >= 0.6 is 0 Å². The number of benzene rings is 1. The largest absolute Gasteiger partial charge is 0.372 e. The van der Waals surface area contributed by atoms with Gasteiger partial charge in [0, 0.05) is 12.3 Å². The average molecular weight is 275 g/mol. The molecule has 0 heterocycles. The van der Waals surface area contributed by atoms with E-state index in [1.54, 1.807) is 0 Å². The van der Waals surface area contributed by atoms with Crippen LogP contribution in [0.4, 0.5) is 5.69 Å². The smallest absolute Gasteiger partial charge is 0.250 e. The molecule has 0 saturated carbocycles. The molecule has 1 amide bonds. The van der Waals surface area contributed by atoms with Crippen LogP contribution in [0.3, 0.4) is 0 Å². The van der Waals surface area contributed by atoms with Gasteiger partial charge < -0.3 is 10.1 Å². The Bertz CT molecular complexity index is 518. The van der Waals surface area contributed by atoms with Gasteiger partial charge in [0.2, 0.25) is 5.91 Å². The Kier molecular flexibility index (Phi) is 3.92. The summed E-state index contributed by atoms with van der Waals surface area (Å²) in [5.74, 6) is -0.0955. The highest BCUT2D eigenvalue weighted by molar-refractivity contribution is 5.91. The van der Waals surface area contributed by atoms with Crippen LogP contribution < -0.4 is 5.32 Å². The fourth-order valence-electron chi connectivity index (χ4n) is 3.46. The zero-order chi connectivity index (χ0) is 15.0. The van der Waals surface area contributed by atoms with Gasteiger partial charge in [0.15, 0.2) is 0 Å². The Morgan fingerprint density at radius 3 is 2.50 bits per heavy atom. The molecule has 1 N–H and O–H groups in total. The molecule has 20 heavy (non-hydrogen) atoms. The Morgan fingerprint density at radius 1 is 1.20 bits per heavy atom. The second-order valence-electron chi connectivity index (χ2n) is 6.89. The topological polar surface area (TPSA) is 38.3 Å². The van der Waals surface area contributed by atoms with E-state index in [1.165, 1.54) is 11.1 Å². The Morgan fingerprint density at radius 2 is 1.85 bits per heavy atom. The maximum atomic E-state index is 11.7. The number of ether oxygens (including phenoxy) is 1. The van der Waals surface area contributed by atoms with Crippen LogP contribution in [0.25, 0.3) is 0 Å². The number of amides is 1. The molecule has 1 aliphatic carbocycles. The molecule has 0 unspecified atom stereocenters. The molecule has 0 atom stereocenters. The molecular weight excluding hydrogens is 250 g/mol. The van der Waals surface area contributed by atoms with Crippen molar-refractivity contribution in [2.45, 2.75) is 51.9 Å². The van der Waals surface area contributed by atoms with Gasteiger partial charge in [-0.3, -0.25) is 4.79 Å². The van der Waals surface area contributed by atoms with Crippen molar-refractivity contribution in [3.8, 4) is 0 Å². The Balaban J connectivity index is 2.22. The first-order valence-corrected chi connectivity index (χ1v) is 7.29. The molecule has 0 aliphatic heterocycles. The normalized spacial score (nSPS) is 18.6. The van der Waals surface area contributed by atoms with Crippen molar-refractivity contribution in [2.75, 3.05) is 18.5 Å². The SMILES string of the molecule is CCOCC(=O)Nc1ccc2c(c1)C(C)(C)CC2(C)C. The fourth-order valence-corrected chi connectivity index (χ4v) is 3.46.